The van der Waals surface area contributed by atoms with E-state index in [1.807, 2.05) is 67.6 Å². The first-order chi connectivity index (χ1) is 20.9. The molecule has 0 unspecified atom stereocenters. The van der Waals surface area contributed by atoms with Crippen LogP contribution in [0.1, 0.15) is 56.9 Å². The van der Waals surface area contributed by atoms with E-state index in [-0.39, 0.29) is 34.9 Å². The molecular weight excluding hydrogens is 608 g/mol. The van der Waals surface area contributed by atoms with Crippen LogP contribution in [-0.2, 0) is 25.5 Å². The lowest BCUT2D eigenvalue weighted by Crippen LogP contribution is -2.41. The van der Waals surface area contributed by atoms with Crippen LogP contribution in [0.4, 0.5) is 11.4 Å². The largest absolute Gasteiger partial charge is 0.452 e. The molecule has 4 aromatic rings. The van der Waals surface area contributed by atoms with Gasteiger partial charge in [0.2, 0.25) is 11.8 Å². The van der Waals surface area contributed by atoms with Crippen LogP contribution < -0.4 is 10.2 Å². The summed E-state index contributed by atoms with van der Waals surface area (Å²) in [5.74, 6) is -3.58. The van der Waals surface area contributed by atoms with Crippen LogP contribution in [0.5, 0.6) is 0 Å². The van der Waals surface area contributed by atoms with Gasteiger partial charge >= 0.3 is 5.97 Å². The third kappa shape index (κ3) is 4.31. The molecular formula is C35H27BrN2O5. The van der Waals surface area contributed by atoms with Crippen molar-refractivity contribution >= 4 is 51.0 Å². The highest BCUT2D eigenvalue weighted by Gasteiger charge is 2.62. The Hall–Kier alpha value is -4.56. The molecule has 1 N–H and O–H groups in total. The van der Waals surface area contributed by atoms with Gasteiger partial charge in [-0.3, -0.25) is 14.4 Å². The molecule has 8 heteroatoms. The molecule has 43 heavy (non-hydrogen) atoms. The topological polar surface area (TPSA) is 92.8 Å². The van der Waals surface area contributed by atoms with Crippen molar-refractivity contribution in [2.45, 2.75) is 25.2 Å². The third-order valence-corrected chi connectivity index (χ3v) is 9.36. The Morgan fingerprint density at radius 3 is 1.88 bits per heavy atom. The van der Waals surface area contributed by atoms with Gasteiger partial charge in [0, 0.05) is 22.0 Å². The van der Waals surface area contributed by atoms with Gasteiger partial charge in [-0.25, -0.2) is 9.69 Å². The Morgan fingerprint density at radius 1 is 0.791 bits per heavy atom. The van der Waals surface area contributed by atoms with E-state index in [2.05, 4.69) is 21.2 Å². The number of esters is 1. The highest BCUT2D eigenvalue weighted by molar-refractivity contribution is 9.10. The van der Waals surface area contributed by atoms with Crippen molar-refractivity contribution < 1.29 is 23.9 Å². The molecule has 3 aliphatic carbocycles. The van der Waals surface area contributed by atoms with Crippen LogP contribution in [0.3, 0.4) is 0 Å². The monoisotopic (exact) mass is 634 g/mol. The lowest BCUT2D eigenvalue weighted by atomic mass is 9.55. The van der Waals surface area contributed by atoms with Crippen molar-refractivity contribution in [3.05, 3.63) is 129 Å². The number of amides is 3. The number of carbonyl (C=O) groups excluding carboxylic acids is 4. The smallest absolute Gasteiger partial charge is 0.340 e. The Balaban J connectivity index is 1.16. The molecule has 3 amide bonds. The molecule has 2 bridgehead atoms. The summed E-state index contributed by atoms with van der Waals surface area (Å²) >= 11 is 3.43. The SMILES string of the molecule is CCc1cc(Br)ccc1NC(=O)COC(=O)c1ccccc1N1C(=O)[C@@H]2C3c4ccccc4C(c4ccccc43)[C@H]2C1=O. The first-order valence-corrected chi connectivity index (χ1v) is 15.1. The number of nitrogens with one attached hydrogen (secondary N) is 1. The maximum atomic E-state index is 14.2. The molecule has 0 spiro atoms. The minimum Gasteiger partial charge on any atom is -0.452 e. The number of carbonyl (C=O) groups is 4. The number of ether oxygens (including phenoxy) is 1. The first-order valence-electron chi connectivity index (χ1n) is 14.3. The lowest BCUT2D eigenvalue weighted by molar-refractivity contribution is -0.122. The van der Waals surface area contributed by atoms with Crippen molar-refractivity contribution in [3.63, 3.8) is 0 Å². The minimum atomic E-state index is -0.790. The molecule has 0 radical (unpaired) electrons. The second-order valence-corrected chi connectivity index (χ2v) is 12.0. The lowest BCUT2D eigenvalue weighted by Gasteiger charge is -2.45. The average molecular weight is 636 g/mol. The summed E-state index contributed by atoms with van der Waals surface area (Å²) < 4.78 is 6.30. The summed E-state index contributed by atoms with van der Waals surface area (Å²) in [6.45, 7) is 1.46. The predicted octanol–water partition coefficient (Wildman–Crippen LogP) is 6.20. The van der Waals surface area contributed by atoms with Gasteiger partial charge < -0.3 is 10.1 Å². The van der Waals surface area contributed by atoms with E-state index < -0.39 is 30.3 Å². The molecule has 0 aromatic heterocycles. The van der Waals surface area contributed by atoms with E-state index in [9.17, 15) is 19.2 Å². The molecule has 4 aromatic carbocycles. The summed E-state index contributed by atoms with van der Waals surface area (Å²) in [5, 5.41) is 2.79. The van der Waals surface area contributed by atoms with Gasteiger partial charge in [0.15, 0.2) is 6.61 Å². The fourth-order valence-electron chi connectivity index (χ4n) is 7.13. The Morgan fingerprint density at radius 2 is 1.33 bits per heavy atom. The van der Waals surface area contributed by atoms with Gasteiger partial charge in [-0.15, -0.1) is 0 Å². The summed E-state index contributed by atoms with van der Waals surface area (Å²) in [7, 11) is 0. The maximum absolute atomic E-state index is 14.2. The molecule has 7 nitrogen and oxygen atoms in total. The van der Waals surface area contributed by atoms with Gasteiger partial charge in [0.25, 0.3) is 5.91 Å². The van der Waals surface area contributed by atoms with Crippen LogP contribution in [-0.4, -0.2) is 30.3 Å². The molecule has 8 rings (SSSR count). The number of imide groups is 1. The average Bonchev–Trinajstić information content (AvgIpc) is 3.30. The van der Waals surface area contributed by atoms with E-state index in [4.69, 9.17) is 4.74 Å². The van der Waals surface area contributed by atoms with Gasteiger partial charge in [0.05, 0.1) is 23.1 Å². The Kier molecular flexibility index (Phi) is 6.73. The number of aryl methyl sites for hydroxylation is 1. The number of nitrogens with zero attached hydrogens (tertiary/aromatic N) is 1. The molecule has 2 atom stereocenters. The van der Waals surface area contributed by atoms with Gasteiger partial charge in [-0.05, 0) is 64.6 Å². The first kappa shape index (κ1) is 27.3. The molecule has 1 saturated heterocycles. The van der Waals surface area contributed by atoms with E-state index >= 15 is 0 Å². The van der Waals surface area contributed by atoms with Gasteiger partial charge in [-0.1, -0.05) is 83.5 Å². The van der Waals surface area contributed by atoms with Gasteiger partial charge in [-0.2, -0.15) is 0 Å². The van der Waals surface area contributed by atoms with E-state index in [0.717, 1.165) is 32.3 Å². The molecule has 214 valence electrons. The second-order valence-electron chi connectivity index (χ2n) is 11.1. The second kappa shape index (κ2) is 10.6. The van der Waals surface area contributed by atoms with Crippen LogP contribution in [0.25, 0.3) is 0 Å². The van der Waals surface area contributed by atoms with Crippen LogP contribution >= 0.6 is 15.9 Å². The zero-order valence-corrected chi connectivity index (χ0v) is 24.8. The number of anilines is 2. The van der Waals surface area contributed by atoms with Crippen molar-refractivity contribution in [3.8, 4) is 0 Å². The summed E-state index contributed by atoms with van der Waals surface area (Å²) in [6.07, 6.45) is 0.708. The standard InChI is InChI=1S/C35H27BrN2O5/c1-2-19-17-20(36)15-16-26(19)37-28(39)18-43-35(42)25-13-7-8-14-27(25)38-33(40)31-29-21-9-3-4-10-22(21)30(32(31)34(38)41)24-12-6-5-11-23(24)29/h3-17,29-32H,2,18H2,1H3,(H,37,39)/t29?,30?,31-,32-/m1/s1. The summed E-state index contributed by atoms with van der Waals surface area (Å²) in [5.41, 5.74) is 6.10. The summed E-state index contributed by atoms with van der Waals surface area (Å²) in [4.78, 5) is 55.5. The highest BCUT2D eigenvalue weighted by Crippen LogP contribution is 2.61. The number of rotatable bonds is 6. The number of benzene rings is 4. The van der Waals surface area contributed by atoms with Crippen molar-refractivity contribution in [1.29, 1.82) is 0 Å². The quantitative estimate of drug-likeness (QED) is 0.201. The normalized spacial score (nSPS) is 21.2. The van der Waals surface area contributed by atoms with E-state index in [1.54, 1.807) is 24.3 Å². The van der Waals surface area contributed by atoms with Crippen molar-refractivity contribution in [2.75, 3.05) is 16.8 Å². The fraction of sp³-hybridized carbons (Fsp3) is 0.200. The molecule has 0 saturated carbocycles. The molecule has 1 aliphatic heterocycles. The van der Waals surface area contributed by atoms with Crippen LogP contribution in [0.15, 0.2) is 95.5 Å². The third-order valence-electron chi connectivity index (χ3n) is 8.87. The van der Waals surface area contributed by atoms with Crippen LogP contribution in [0.2, 0.25) is 0 Å². The Labute approximate surface area is 257 Å². The van der Waals surface area contributed by atoms with E-state index in [0.29, 0.717) is 12.1 Å². The summed E-state index contributed by atoms with van der Waals surface area (Å²) in [6, 6.07) is 28.0. The highest BCUT2D eigenvalue weighted by atomic mass is 79.9. The predicted molar refractivity (Wildman–Crippen MR) is 165 cm³/mol. The zero-order chi connectivity index (χ0) is 29.8. The minimum absolute atomic E-state index is 0.0518. The maximum Gasteiger partial charge on any atom is 0.340 e. The number of hydrogen-bond acceptors (Lipinski definition) is 5. The Bertz CT molecular complexity index is 1720. The number of halogens is 1. The van der Waals surface area contributed by atoms with Gasteiger partial charge in [0.1, 0.15) is 0 Å². The number of hydrogen-bond donors (Lipinski definition) is 1. The van der Waals surface area contributed by atoms with Crippen molar-refractivity contribution in [1.82, 2.24) is 0 Å². The molecule has 1 fully saturated rings. The molecule has 1 heterocycles. The fourth-order valence-corrected chi connectivity index (χ4v) is 7.54. The van der Waals surface area contributed by atoms with Crippen molar-refractivity contribution in [2.24, 2.45) is 11.8 Å². The molecule has 4 aliphatic rings. The number of para-hydroxylation sites is 1. The van der Waals surface area contributed by atoms with Crippen LogP contribution in [0, 0.1) is 11.8 Å². The zero-order valence-electron chi connectivity index (χ0n) is 23.3. The van der Waals surface area contributed by atoms with E-state index in [1.165, 1.54) is 11.0 Å².